The van der Waals surface area contributed by atoms with Gasteiger partial charge in [-0.2, -0.15) is 0 Å². The molecule has 14 heavy (non-hydrogen) atoms. The van der Waals surface area contributed by atoms with Crippen LogP contribution in [0, 0.1) is 16.7 Å². The van der Waals surface area contributed by atoms with Gasteiger partial charge in [0.15, 0.2) is 0 Å². The monoisotopic (exact) mass is 197 g/mol. The van der Waals surface area contributed by atoms with Crippen molar-refractivity contribution in [1.29, 1.82) is 0 Å². The van der Waals surface area contributed by atoms with Crippen LogP contribution in [0.2, 0.25) is 0 Å². The predicted octanol–water partition coefficient (Wildman–Crippen LogP) is 2.64. The van der Waals surface area contributed by atoms with Crippen LogP contribution in [0.15, 0.2) is 0 Å². The smallest absolute Gasteiger partial charge is 0.0951 e. The molecule has 2 N–H and O–H groups in total. The van der Waals surface area contributed by atoms with Crippen molar-refractivity contribution in [2.75, 3.05) is 6.67 Å². The first-order valence-electron chi connectivity index (χ1n) is 5.82. The first-order chi connectivity index (χ1) is 6.47. The van der Waals surface area contributed by atoms with Crippen LogP contribution in [0.1, 0.15) is 45.4 Å². The number of hydrogen-bond donors (Lipinski definition) is 1. The lowest BCUT2D eigenvalue weighted by atomic mass is 9.43. The lowest BCUT2D eigenvalue weighted by Crippen LogP contribution is -2.63. The SMILES string of the molecule is C[C@@]12C[C@H]3C[C@@](N)(C1)C[C@](CF)(C3)C2. The van der Waals surface area contributed by atoms with Gasteiger partial charge < -0.3 is 5.73 Å². The summed E-state index contributed by atoms with van der Waals surface area (Å²) in [6.07, 6.45) is 6.74. The van der Waals surface area contributed by atoms with Gasteiger partial charge in [0.25, 0.3) is 0 Å². The molecule has 0 spiro atoms. The molecule has 0 aromatic carbocycles. The van der Waals surface area contributed by atoms with Gasteiger partial charge in [0, 0.05) is 11.0 Å². The van der Waals surface area contributed by atoms with Gasteiger partial charge in [0.2, 0.25) is 0 Å². The van der Waals surface area contributed by atoms with Crippen LogP contribution in [0.25, 0.3) is 0 Å². The Kier molecular flexibility index (Phi) is 1.53. The second-order valence-electron chi connectivity index (χ2n) is 6.82. The molecule has 0 aromatic rings. The number of hydrogen-bond acceptors (Lipinski definition) is 1. The molecule has 0 aromatic heterocycles. The van der Waals surface area contributed by atoms with E-state index < -0.39 is 0 Å². The molecule has 0 heterocycles. The Morgan fingerprint density at radius 1 is 1.21 bits per heavy atom. The maximum atomic E-state index is 13.2. The van der Waals surface area contributed by atoms with Gasteiger partial charge in [0.1, 0.15) is 0 Å². The van der Waals surface area contributed by atoms with E-state index in [0.717, 1.165) is 38.0 Å². The van der Waals surface area contributed by atoms with E-state index >= 15 is 0 Å². The lowest BCUT2D eigenvalue weighted by molar-refractivity contribution is -0.121. The summed E-state index contributed by atoms with van der Waals surface area (Å²) in [6.45, 7) is 2.18. The molecule has 0 saturated heterocycles. The normalized spacial score (nSPS) is 60.6. The zero-order valence-electron chi connectivity index (χ0n) is 8.98. The number of nitrogens with two attached hydrogens (primary N) is 1. The molecule has 2 heteroatoms. The van der Waals surface area contributed by atoms with Crippen molar-refractivity contribution in [2.24, 2.45) is 22.5 Å². The first kappa shape index (κ1) is 9.14. The highest BCUT2D eigenvalue weighted by Crippen LogP contribution is 2.65. The second kappa shape index (κ2) is 2.34. The number of alkyl halides is 1. The van der Waals surface area contributed by atoms with Crippen LogP contribution in [0.5, 0.6) is 0 Å². The van der Waals surface area contributed by atoms with Crippen LogP contribution in [-0.4, -0.2) is 12.2 Å². The molecular formula is C12H20FN. The largest absolute Gasteiger partial charge is 0.325 e. The van der Waals surface area contributed by atoms with Crippen molar-refractivity contribution in [3.05, 3.63) is 0 Å². The van der Waals surface area contributed by atoms with Crippen molar-refractivity contribution >= 4 is 0 Å². The first-order valence-corrected chi connectivity index (χ1v) is 5.82. The molecule has 1 nitrogen and oxygen atoms in total. The van der Waals surface area contributed by atoms with Crippen LogP contribution < -0.4 is 5.73 Å². The van der Waals surface area contributed by atoms with E-state index in [-0.39, 0.29) is 17.6 Å². The van der Waals surface area contributed by atoms with Crippen molar-refractivity contribution < 1.29 is 4.39 Å². The molecule has 4 rings (SSSR count). The van der Waals surface area contributed by atoms with Gasteiger partial charge in [-0.05, 0) is 49.9 Å². The standard InChI is InChI=1S/C12H20FN/c1-10-2-9-3-11(5-10,8-13)7-12(14,4-9)6-10/h9H,2-8,14H2,1H3/t9-,10+,11+,12-/m1/s1. The summed E-state index contributed by atoms with van der Waals surface area (Å²) in [4.78, 5) is 0. The van der Waals surface area contributed by atoms with Crippen molar-refractivity contribution in [3.63, 3.8) is 0 Å². The molecule has 0 aliphatic heterocycles. The van der Waals surface area contributed by atoms with E-state index in [1.807, 2.05) is 0 Å². The summed E-state index contributed by atoms with van der Waals surface area (Å²) in [5.41, 5.74) is 6.72. The Bertz CT molecular complexity index is 257. The van der Waals surface area contributed by atoms with Crippen LogP contribution in [-0.2, 0) is 0 Å². The van der Waals surface area contributed by atoms with Crippen LogP contribution >= 0.6 is 0 Å². The Morgan fingerprint density at radius 3 is 2.57 bits per heavy atom. The summed E-state index contributed by atoms with van der Waals surface area (Å²) < 4.78 is 13.2. The maximum Gasteiger partial charge on any atom is 0.0951 e. The molecule has 0 unspecified atom stereocenters. The third kappa shape index (κ3) is 1.09. The average Bonchev–Trinajstić information content (AvgIpc) is 1.97. The van der Waals surface area contributed by atoms with Gasteiger partial charge in [-0.1, -0.05) is 6.92 Å². The summed E-state index contributed by atoms with van der Waals surface area (Å²) in [5, 5.41) is 0. The zero-order chi connectivity index (χ0) is 10.0. The van der Waals surface area contributed by atoms with E-state index in [9.17, 15) is 4.39 Å². The molecule has 80 valence electrons. The van der Waals surface area contributed by atoms with Gasteiger partial charge in [0.05, 0.1) is 6.67 Å². The third-order valence-corrected chi connectivity index (χ3v) is 4.79. The van der Waals surface area contributed by atoms with Gasteiger partial charge in [-0.25, -0.2) is 0 Å². The molecule has 0 radical (unpaired) electrons. The summed E-state index contributed by atoms with van der Waals surface area (Å²) in [5.74, 6) is 0.719. The molecule has 4 atom stereocenters. The Morgan fingerprint density at radius 2 is 2.00 bits per heavy atom. The van der Waals surface area contributed by atoms with E-state index in [1.165, 1.54) is 6.42 Å². The summed E-state index contributed by atoms with van der Waals surface area (Å²) in [7, 11) is 0. The second-order valence-corrected chi connectivity index (χ2v) is 6.82. The fourth-order valence-electron chi connectivity index (χ4n) is 5.37. The highest BCUT2D eigenvalue weighted by atomic mass is 19.1. The highest BCUT2D eigenvalue weighted by Gasteiger charge is 2.60. The predicted molar refractivity (Wildman–Crippen MR) is 54.6 cm³/mol. The molecule has 4 saturated carbocycles. The van der Waals surface area contributed by atoms with E-state index in [2.05, 4.69) is 6.92 Å². The van der Waals surface area contributed by atoms with Crippen LogP contribution in [0.3, 0.4) is 0 Å². The minimum absolute atomic E-state index is 0.0136. The van der Waals surface area contributed by atoms with E-state index in [0.29, 0.717) is 5.41 Å². The van der Waals surface area contributed by atoms with E-state index in [4.69, 9.17) is 5.73 Å². The number of halogens is 1. The van der Waals surface area contributed by atoms with Gasteiger partial charge in [-0.3, -0.25) is 4.39 Å². The third-order valence-electron chi connectivity index (χ3n) is 4.79. The molecule has 0 amide bonds. The zero-order valence-corrected chi connectivity index (χ0v) is 8.98. The molecule has 4 aliphatic rings. The topological polar surface area (TPSA) is 26.0 Å². The van der Waals surface area contributed by atoms with Crippen molar-refractivity contribution in [1.82, 2.24) is 0 Å². The Balaban J connectivity index is 2.01. The lowest BCUT2D eigenvalue weighted by Gasteiger charge is -2.64. The average molecular weight is 197 g/mol. The van der Waals surface area contributed by atoms with Gasteiger partial charge in [-0.15, -0.1) is 0 Å². The number of rotatable bonds is 1. The minimum Gasteiger partial charge on any atom is -0.325 e. The van der Waals surface area contributed by atoms with Crippen molar-refractivity contribution in [2.45, 2.75) is 51.0 Å². The maximum absolute atomic E-state index is 13.2. The fraction of sp³-hybridized carbons (Fsp3) is 1.00. The summed E-state index contributed by atoms with van der Waals surface area (Å²) >= 11 is 0. The Labute approximate surface area is 85.2 Å². The van der Waals surface area contributed by atoms with Crippen molar-refractivity contribution in [3.8, 4) is 0 Å². The fourth-order valence-corrected chi connectivity index (χ4v) is 5.37. The summed E-state index contributed by atoms with van der Waals surface area (Å²) in [6, 6.07) is 0. The van der Waals surface area contributed by atoms with Crippen LogP contribution in [0.4, 0.5) is 4.39 Å². The molecule has 4 bridgehead atoms. The quantitative estimate of drug-likeness (QED) is 0.687. The molecule has 4 fully saturated rings. The van der Waals surface area contributed by atoms with E-state index in [1.54, 1.807) is 0 Å². The van der Waals surface area contributed by atoms with Gasteiger partial charge >= 0.3 is 0 Å². The highest BCUT2D eigenvalue weighted by molar-refractivity contribution is 5.14. The molecular weight excluding hydrogens is 177 g/mol. The minimum atomic E-state index is -0.141. The Hall–Kier alpha value is -0.110. The molecule has 4 aliphatic carbocycles.